The third-order valence-electron chi connectivity index (χ3n) is 3.51. The molecule has 1 aliphatic rings. The maximum atomic E-state index is 5.91. The summed E-state index contributed by atoms with van der Waals surface area (Å²) in [6, 6.07) is 9.37. The van der Waals surface area contributed by atoms with Gasteiger partial charge in [-0.15, -0.1) is 11.8 Å². The van der Waals surface area contributed by atoms with Gasteiger partial charge in [0.1, 0.15) is 0 Å². The fraction of sp³-hybridized carbons (Fsp3) is 0.571. The van der Waals surface area contributed by atoms with Crippen LogP contribution in [0.5, 0.6) is 0 Å². The molecular weight excluding hydrogens is 228 g/mol. The summed E-state index contributed by atoms with van der Waals surface area (Å²) in [7, 11) is 0. The summed E-state index contributed by atoms with van der Waals surface area (Å²) in [6.07, 6.45) is 5.59. The summed E-state index contributed by atoms with van der Waals surface area (Å²) in [6.45, 7) is 3.51. The molecule has 0 amide bonds. The van der Waals surface area contributed by atoms with E-state index in [2.05, 4.69) is 35.4 Å². The number of hydrogen-bond donors (Lipinski definition) is 1. The van der Waals surface area contributed by atoms with Crippen LogP contribution in [0.4, 0.5) is 0 Å². The van der Waals surface area contributed by atoms with Crippen LogP contribution < -0.4 is 5.73 Å². The number of likely N-dealkylation sites (tertiary alicyclic amines) is 1. The van der Waals surface area contributed by atoms with Gasteiger partial charge in [-0.2, -0.15) is 0 Å². The average molecular weight is 250 g/mol. The summed E-state index contributed by atoms with van der Waals surface area (Å²) in [5.41, 5.74) is 7.35. The maximum absolute atomic E-state index is 5.91. The fourth-order valence-electron chi connectivity index (χ4n) is 2.26. The molecule has 17 heavy (non-hydrogen) atoms. The van der Waals surface area contributed by atoms with Gasteiger partial charge in [0, 0.05) is 17.5 Å². The van der Waals surface area contributed by atoms with Crippen LogP contribution in [-0.2, 0) is 6.42 Å². The molecule has 0 spiro atoms. The standard InChI is InChI=1S/C14H22N2S/c1-17-14-4-2-12(3-5-14)6-9-16-10-7-13(15)8-11-16/h2-5,13H,6-11,15H2,1H3. The largest absolute Gasteiger partial charge is 0.328 e. The van der Waals surface area contributed by atoms with Crippen LogP contribution in [-0.4, -0.2) is 36.8 Å². The van der Waals surface area contributed by atoms with Crippen LogP contribution in [0.3, 0.4) is 0 Å². The molecule has 3 heteroatoms. The third kappa shape index (κ3) is 4.02. The summed E-state index contributed by atoms with van der Waals surface area (Å²) < 4.78 is 0. The summed E-state index contributed by atoms with van der Waals surface area (Å²) in [5.74, 6) is 0. The van der Waals surface area contributed by atoms with Crippen LogP contribution in [0.1, 0.15) is 18.4 Å². The number of nitrogens with two attached hydrogens (primary N) is 1. The van der Waals surface area contributed by atoms with Crippen molar-refractivity contribution in [2.45, 2.75) is 30.2 Å². The van der Waals surface area contributed by atoms with Crippen LogP contribution in [0.2, 0.25) is 0 Å². The topological polar surface area (TPSA) is 29.3 Å². The quantitative estimate of drug-likeness (QED) is 0.832. The average Bonchev–Trinajstić information content (AvgIpc) is 2.39. The lowest BCUT2D eigenvalue weighted by molar-refractivity contribution is 0.215. The predicted octanol–water partition coefficient (Wildman–Crippen LogP) is 2.37. The smallest absolute Gasteiger partial charge is 0.00693 e. The Balaban J connectivity index is 1.77. The normalized spacial score (nSPS) is 18.5. The summed E-state index contributed by atoms with van der Waals surface area (Å²) in [4.78, 5) is 3.88. The molecular formula is C14H22N2S. The van der Waals surface area contributed by atoms with E-state index in [1.807, 2.05) is 0 Å². The molecule has 0 radical (unpaired) electrons. The van der Waals surface area contributed by atoms with Gasteiger partial charge in [0.2, 0.25) is 0 Å². The van der Waals surface area contributed by atoms with Crippen LogP contribution in [0, 0.1) is 0 Å². The lowest BCUT2D eigenvalue weighted by Crippen LogP contribution is -2.40. The second-order valence-corrected chi connectivity index (χ2v) is 5.66. The monoisotopic (exact) mass is 250 g/mol. The number of rotatable bonds is 4. The van der Waals surface area contributed by atoms with Gasteiger partial charge in [0.25, 0.3) is 0 Å². The van der Waals surface area contributed by atoms with E-state index in [4.69, 9.17) is 5.73 Å². The lowest BCUT2D eigenvalue weighted by atomic mass is 10.1. The molecule has 0 aliphatic carbocycles. The third-order valence-corrected chi connectivity index (χ3v) is 4.25. The number of benzene rings is 1. The van der Waals surface area contributed by atoms with Gasteiger partial charge >= 0.3 is 0 Å². The van der Waals surface area contributed by atoms with Crippen molar-refractivity contribution in [3.8, 4) is 0 Å². The molecule has 2 N–H and O–H groups in total. The highest BCUT2D eigenvalue weighted by atomic mass is 32.2. The van der Waals surface area contributed by atoms with E-state index in [-0.39, 0.29) is 0 Å². The highest BCUT2D eigenvalue weighted by molar-refractivity contribution is 7.98. The van der Waals surface area contributed by atoms with Gasteiger partial charge in [-0.1, -0.05) is 12.1 Å². The van der Waals surface area contributed by atoms with Crippen molar-refractivity contribution in [3.63, 3.8) is 0 Å². The molecule has 1 fully saturated rings. The summed E-state index contributed by atoms with van der Waals surface area (Å²) in [5, 5.41) is 0. The minimum atomic E-state index is 0.437. The van der Waals surface area contributed by atoms with Crippen molar-refractivity contribution in [2.75, 3.05) is 25.9 Å². The van der Waals surface area contributed by atoms with Gasteiger partial charge < -0.3 is 10.6 Å². The zero-order valence-corrected chi connectivity index (χ0v) is 11.4. The van der Waals surface area contributed by atoms with E-state index in [0.717, 1.165) is 19.3 Å². The molecule has 2 rings (SSSR count). The van der Waals surface area contributed by atoms with Gasteiger partial charge in [-0.25, -0.2) is 0 Å². The molecule has 0 saturated carbocycles. The van der Waals surface area contributed by atoms with Crippen molar-refractivity contribution < 1.29 is 0 Å². The fourth-order valence-corrected chi connectivity index (χ4v) is 2.66. The first-order chi connectivity index (χ1) is 8.28. The minimum Gasteiger partial charge on any atom is -0.328 e. The maximum Gasteiger partial charge on any atom is 0.00693 e. The van der Waals surface area contributed by atoms with Crippen LogP contribution in [0.25, 0.3) is 0 Å². The second-order valence-electron chi connectivity index (χ2n) is 4.78. The van der Waals surface area contributed by atoms with E-state index in [0.29, 0.717) is 6.04 Å². The molecule has 1 aromatic rings. The molecule has 1 saturated heterocycles. The van der Waals surface area contributed by atoms with Crippen molar-refractivity contribution >= 4 is 11.8 Å². The molecule has 0 aromatic heterocycles. The first-order valence-corrected chi connectivity index (χ1v) is 7.61. The Morgan fingerprint density at radius 2 is 1.88 bits per heavy atom. The summed E-state index contributed by atoms with van der Waals surface area (Å²) >= 11 is 1.80. The van der Waals surface area contributed by atoms with Crippen LogP contribution >= 0.6 is 11.8 Å². The first kappa shape index (κ1) is 12.9. The van der Waals surface area contributed by atoms with E-state index in [1.165, 1.54) is 30.1 Å². The molecule has 0 atom stereocenters. The Bertz CT molecular complexity index is 329. The van der Waals surface area contributed by atoms with Gasteiger partial charge in [0.15, 0.2) is 0 Å². The zero-order chi connectivity index (χ0) is 12.1. The minimum absolute atomic E-state index is 0.437. The molecule has 1 aliphatic heterocycles. The van der Waals surface area contributed by atoms with Crippen molar-refractivity contribution in [1.29, 1.82) is 0 Å². The zero-order valence-electron chi connectivity index (χ0n) is 10.6. The Hall–Kier alpha value is -0.510. The van der Waals surface area contributed by atoms with Gasteiger partial charge in [-0.05, 0) is 56.3 Å². The molecule has 2 nitrogen and oxygen atoms in total. The van der Waals surface area contributed by atoms with E-state index in [9.17, 15) is 0 Å². The predicted molar refractivity (Wildman–Crippen MR) is 75.6 cm³/mol. The number of piperidine rings is 1. The Morgan fingerprint density at radius 1 is 1.24 bits per heavy atom. The number of nitrogens with zero attached hydrogens (tertiary/aromatic N) is 1. The number of hydrogen-bond acceptors (Lipinski definition) is 3. The van der Waals surface area contributed by atoms with Crippen molar-refractivity contribution in [2.24, 2.45) is 5.73 Å². The van der Waals surface area contributed by atoms with Gasteiger partial charge in [-0.3, -0.25) is 0 Å². The second kappa shape index (κ2) is 6.43. The first-order valence-electron chi connectivity index (χ1n) is 6.39. The molecule has 0 unspecified atom stereocenters. The lowest BCUT2D eigenvalue weighted by Gasteiger charge is -2.29. The molecule has 1 aromatic carbocycles. The van der Waals surface area contributed by atoms with Gasteiger partial charge in [0.05, 0.1) is 0 Å². The molecule has 1 heterocycles. The van der Waals surface area contributed by atoms with Crippen molar-refractivity contribution in [3.05, 3.63) is 29.8 Å². The van der Waals surface area contributed by atoms with E-state index in [1.54, 1.807) is 11.8 Å². The SMILES string of the molecule is CSc1ccc(CCN2CCC(N)CC2)cc1. The molecule has 94 valence electrons. The Kier molecular flexibility index (Phi) is 4.89. The number of thioether (sulfide) groups is 1. The van der Waals surface area contributed by atoms with E-state index < -0.39 is 0 Å². The van der Waals surface area contributed by atoms with Crippen molar-refractivity contribution in [1.82, 2.24) is 4.90 Å². The Labute approximate surface area is 109 Å². The Morgan fingerprint density at radius 3 is 2.47 bits per heavy atom. The van der Waals surface area contributed by atoms with Crippen LogP contribution in [0.15, 0.2) is 29.2 Å². The highest BCUT2D eigenvalue weighted by Gasteiger charge is 2.15. The van der Waals surface area contributed by atoms with E-state index >= 15 is 0 Å². The highest BCUT2D eigenvalue weighted by Crippen LogP contribution is 2.16. The molecule has 0 bridgehead atoms.